The van der Waals surface area contributed by atoms with Crippen LogP contribution in [0, 0.1) is 0 Å². The SMILES string of the molecule is CCCCCCCC[Si][Si](C)(C)C. The summed E-state index contributed by atoms with van der Waals surface area (Å²) in [4.78, 5) is 0. The molecule has 2 radical (unpaired) electrons. The van der Waals surface area contributed by atoms with Crippen molar-refractivity contribution in [2.75, 3.05) is 0 Å². The topological polar surface area (TPSA) is 0 Å². The molecule has 0 spiro atoms. The van der Waals surface area contributed by atoms with Gasteiger partial charge in [0.25, 0.3) is 0 Å². The number of rotatable bonds is 8. The van der Waals surface area contributed by atoms with Gasteiger partial charge in [-0.25, -0.2) is 0 Å². The van der Waals surface area contributed by atoms with E-state index in [1.807, 2.05) is 0 Å². The van der Waals surface area contributed by atoms with Crippen LogP contribution in [0.25, 0.3) is 0 Å². The molecule has 78 valence electrons. The first-order valence-electron chi connectivity index (χ1n) is 5.81. The summed E-state index contributed by atoms with van der Waals surface area (Å²) < 4.78 is 0. The van der Waals surface area contributed by atoms with Gasteiger partial charge >= 0.3 is 0 Å². The number of unbranched alkanes of at least 4 members (excludes halogenated alkanes) is 5. The van der Waals surface area contributed by atoms with Gasteiger partial charge in [0.2, 0.25) is 0 Å². The molecule has 0 aliphatic carbocycles. The van der Waals surface area contributed by atoms with Crippen LogP contribution in [0.4, 0.5) is 0 Å². The largest absolute Gasteiger partial charge is 0.0719 e. The molecule has 0 aromatic rings. The highest BCUT2D eigenvalue weighted by molar-refractivity contribution is 7.23. The van der Waals surface area contributed by atoms with Crippen LogP contribution in [0.1, 0.15) is 45.4 Å². The summed E-state index contributed by atoms with van der Waals surface area (Å²) in [6.07, 6.45) is 8.73. The average molecular weight is 215 g/mol. The fourth-order valence-corrected chi connectivity index (χ4v) is 5.33. The van der Waals surface area contributed by atoms with Crippen molar-refractivity contribution in [3.63, 3.8) is 0 Å². The van der Waals surface area contributed by atoms with E-state index in [1.165, 1.54) is 53.6 Å². The van der Waals surface area contributed by atoms with Crippen LogP contribution in [-0.2, 0) is 0 Å². The summed E-state index contributed by atoms with van der Waals surface area (Å²) in [7, 11) is 0.588. The van der Waals surface area contributed by atoms with E-state index >= 15 is 0 Å². The molecule has 0 nitrogen and oxygen atoms in total. The van der Waals surface area contributed by atoms with Gasteiger partial charge in [0.15, 0.2) is 0 Å². The summed E-state index contributed by atoms with van der Waals surface area (Å²) in [5.41, 5.74) is 0. The van der Waals surface area contributed by atoms with Gasteiger partial charge in [-0.1, -0.05) is 71.1 Å². The van der Waals surface area contributed by atoms with E-state index < -0.39 is 7.59 Å². The maximum absolute atomic E-state index is 2.49. The van der Waals surface area contributed by atoms with Crippen molar-refractivity contribution in [3.8, 4) is 0 Å². The van der Waals surface area contributed by atoms with Crippen LogP contribution in [0.5, 0.6) is 0 Å². The molecule has 0 heterocycles. The summed E-state index contributed by atoms with van der Waals surface area (Å²) in [5.74, 6) is 0. The minimum absolute atomic E-state index is 0.705. The predicted octanol–water partition coefficient (Wildman–Crippen LogP) is 4.30. The molecule has 0 aromatic carbocycles. The fraction of sp³-hybridized carbons (Fsp3) is 1.00. The van der Waals surface area contributed by atoms with Gasteiger partial charge in [-0.15, -0.1) is 0 Å². The van der Waals surface area contributed by atoms with E-state index in [-0.39, 0.29) is 0 Å². The molecule has 0 fully saturated rings. The highest BCUT2D eigenvalue weighted by atomic mass is 29.2. The zero-order valence-corrected chi connectivity index (χ0v) is 11.9. The monoisotopic (exact) mass is 214 g/mol. The Labute approximate surface area is 88.1 Å². The van der Waals surface area contributed by atoms with Gasteiger partial charge in [-0.05, 0) is 0 Å². The van der Waals surface area contributed by atoms with Crippen molar-refractivity contribution >= 4 is 16.6 Å². The van der Waals surface area contributed by atoms with Crippen molar-refractivity contribution in [2.45, 2.75) is 71.1 Å². The Hall–Kier alpha value is 0.434. The van der Waals surface area contributed by atoms with Crippen molar-refractivity contribution in [3.05, 3.63) is 0 Å². The quantitative estimate of drug-likeness (QED) is 0.417. The van der Waals surface area contributed by atoms with Crippen LogP contribution in [0.15, 0.2) is 0 Å². The molecule has 0 saturated carbocycles. The highest BCUT2D eigenvalue weighted by Gasteiger charge is 2.12. The van der Waals surface area contributed by atoms with Crippen LogP contribution >= 0.6 is 0 Å². The van der Waals surface area contributed by atoms with Crippen molar-refractivity contribution in [1.82, 2.24) is 0 Å². The number of hydrogen-bond acceptors (Lipinski definition) is 0. The normalized spacial score (nSPS) is 12.0. The molecule has 0 N–H and O–H groups in total. The van der Waals surface area contributed by atoms with E-state index in [4.69, 9.17) is 0 Å². The Morgan fingerprint density at radius 3 is 1.92 bits per heavy atom. The van der Waals surface area contributed by atoms with Gasteiger partial charge in [-0.2, -0.15) is 0 Å². The Kier molecular flexibility index (Phi) is 8.06. The minimum atomic E-state index is -0.705. The lowest BCUT2D eigenvalue weighted by Gasteiger charge is -2.13. The van der Waals surface area contributed by atoms with Gasteiger partial charge in [0.05, 0.1) is 0 Å². The first kappa shape index (κ1) is 13.4. The first-order valence-corrected chi connectivity index (χ1v) is 11.5. The van der Waals surface area contributed by atoms with Gasteiger partial charge in [-0.3, -0.25) is 0 Å². The predicted molar refractivity (Wildman–Crippen MR) is 67.3 cm³/mol. The van der Waals surface area contributed by atoms with Gasteiger partial charge in [0.1, 0.15) is 0 Å². The molecular formula is C11H26Si2. The third-order valence-corrected chi connectivity index (χ3v) is 7.78. The molecule has 0 bridgehead atoms. The Balaban J connectivity index is 3.00. The average Bonchev–Trinajstić information content (AvgIpc) is 2.01. The second kappa shape index (κ2) is 7.80. The van der Waals surface area contributed by atoms with E-state index in [0.717, 1.165) is 0 Å². The second-order valence-electron chi connectivity index (χ2n) is 4.94. The number of hydrogen-bond donors (Lipinski definition) is 0. The fourth-order valence-electron chi connectivity index (χ4n) is 1.37. The van der Waals surface area contributed by atoms with Crippen LogP contribution in [0.2, 0.25) is 25.7 Å². The standard InChI is InChI=1S/C11H26Si2/c1-5-6-7-8-9-10-11-12-13(2,3)4/h5-11H2,1-4H3. The lowest BCUT2D eigenvalue weighted by Crippen LogP contribution is -2.29. The molecular weight excluding hydrogens is 188 g/mol. The molecule has 0 aliphatic heterocycles. The molecule has 0 saturated heterocycles. The maximum atomic E-state index is 2.49. The van der Waals surface area contributed by atoms with Gasteiger partial charge in [0, 0.05) is 16.6 Å². The molecule has 0 rings (SSSR count). The molecule has 13 heavy (non-hydrogen) atoms. The van der Waals surface area contributed by atoms with Crippen molar-refractivity contribution in [1.29, 1.82) is 0 Å². The van der Waals surface area contributed by atoms with Crippen molar-refractivity contribution < 1.29 is 0 Å². The summed E-state index contributed by atoms with van der Waals surface area (Å²) in [6, 6.07) is 1.52. The smallest absolute Gasteiger partial charge is 0.0327 e. The second-order valence-corrected chi connectivity index (χ2v) is 15.9. The lowest BCUT2D eigenvalue weighted by molar-refractivity contribution is 0.624. The summed E-state index contributed by atoms with van der Waals surface area (Å²) >= 11 is 0. The molecule has 0 unspecified atom stereocenters. The molecule has 2 heteroatoms. The minimum Gasteiger partial charge on any atom is -0.0719 e. The van der Waals surface area contributed by atoms with Crippen LogP contribution in [-0.4, -0.2) is 16.6 Å². The van der Waals surface area contributed by atoms with Crippen LogP contribution in [0.3, 0.4) is 0 Å². The summed E-state index contributed by atoms with van der Waals surface area (Å²) in [6.45, 7) is 9.75. The first-order chi connectivity index (χ1) is 6.06. The maximum Gasteiger partial charge on any atom is 0.0327 e. The lowest BCUT2D eigenvalue weighted by atomic mass is 10.1. The van der Waals surface area contributed by atoms with E-state index in [1.54, 1.807) is 0 Å². The third-order valence-electron chi connectivity index (χ3n) is 2.19. The molecule has 0 amide bonds. The zero-order valence-electron chi connectivity index (χ0n) is 9.95. The molecule has 0 atom stereocenters. The Morgan fingerprint density at radius 1 is 0.846 bits per heavy atom. The van der Waals surface area contributed by atoms with Gasteiger partial charge < -0.3 is 0 Å². The molecule has 0 aromatic heterocycles. The molecule has 0 aliphatic rings. The van der Waals surface area contributed by atoms with E-state index in [0.29, 0.717) is 0 Å². The van der Waals surface area contributed by atoms with Crippen molar-refractivity contribution in [2.24, 2.45) is 0 Å². The van der Waals surface area contributed by atoms with E-state index in [2.05, 4.69) is 26.6 Å². The Bertz CT molecular complexity index is 105. The van der Waals surface area contributed by atoms with Crippen LogP contribution < -0.4 is 0 Å². The summed E-state index contributed by atoms with van der Waals surface area (Å²) in [5, 5.41) is 0. The Morgan fingerprint density at radius 2 is 1.38 bits per heavy atom. The zero-order chi connectivity index (χ0) is 10.2. The van der Waals surface area contributed by atoms with E-state index in [9.17, 15) is 0 Å². The highest BCUT2D eigenvalue weighted by Crippen LogP contribution is 2.09. The third kappa shape index (κ3) is 12.4.